The van der Waals surface area contributed by atoms with Gasteiger partial charge in [-0.2, -0.15) is 4.99 Å². The lowest BCUT2D eigenvalue weighted by atomic mass is 10.2. The van der Waals surface area contributed by atoms with E-state index in [9.17, 15) is 18.0 Å². The van der Waals surface area contributed by atoms with Crippen molar-refractivity contribution in [2.45, 2.75) is 31.7 Å². The van der Waals surface area contributed by atoms with E-state index in [1.165, 1.54) is 12.1 Å². The van der Waals surface area contributed by atoms with Crippen molar-refractivity contribution < 1.29 is 27.5 Å². The number of ether oxygens (including phenoxy) is 2. The second-order valence-electron chi connectivity index (χ2n) is 6.64. The fourth-order valence-corrected chi connectivity index (χ4v) is 4.69. The van der Waals surface area contributed by atoms with Crippen molar-refractivity contribution in [1.82, 2.24) is 4.57 Å². The van der Waals surface area contributed by atoms with Gasteiger partial charge in [-0.15, -0.1) is 0 Å². The van der Waals surface area contributed by atoms with Crippen molar-refractivity contribution in [1.29, 1.82) is 0 Å². The Morgan fingerprint density at radius 1 is 1.09 bits per heavy atom. The van der Waals surface area contributed by atoms with Gasteiger partial charge in [-0.05, 0) is 56.3 Å². The molecule has 0 aliphatic rings. The number of sulfonamides is 1. The van der Waals surface area contributed by atoms with Gasteiger partial charge < -0.3 is 14.0 Å². The summed E-state index contributed by atoms with van der Waals surface area (Å²) in [4.78, 5) is 29.1. The van der Waals surface area contributed by atoms with Crippen LogP contribution in [0.2, 0.25) is 0 Å². The number of hydrogen-bond acceptors (Lipinski definition) is 7. The largest absolute Gasteiger partial charge is 0.494 e. The van der Waals surface area contributed by atoms with E-state index in [1.54, 1.807) is 41.8 Å². The summed E-state index contributed by atoms with van der Waals surface area (Å²) in [7, 11) is -3.89. The number of thiazole rings is 1. The molecular formula is C21H23N3O6S2. The molecule has 2 aromatic carbocycles. The first-order valence-electron chi connectivity index (χ1n) is 9.86. The van der Waals surface area contributed by atoms with Gasteiger partial charge in [0.25, 0.3) is 5.91 Å². The fourth-order valence-electron chi connectivity index (χ4n) is 2.98. The Balaban J connectivity index is 2.04. The summed E-state index contributed by atoms with van der Waals surface area (Å²) in [6.45, 7) is 4.57. The highest BCUT2D eigenvalue weighted by atomic mass is 32.2. The third-order valence-electron chi connectivity index (χ3n) is 4.44. The molecule has 0 aliphatic carbocycles. The van der Waals surface area contributed by atoms with Crippen LogP contribution in [-0.2, 0) is 26.1 Å². The Morgan fingerprint density at radius 3 is 2.44 bits per heavy atom. The minimum atomic E-state index is -3.89. The molecule has 0 atom stereocenters. The molecule has 0 aliphatic heterocycles. The van der Waals surface area contributed by atoms with Crippen LogP contribution >= 0.6 is 11.3 Å². The SMILES string of the molecule is CCOC(=O)CCn1c(=NC(=O)c2ccc(OCC)cc2)sc2cc(S(N)(=O)=O)ccc21. The van der Waals surface area contributed by atoms with Crippen molar-refractivity contribution in [3.8, 4) is 5.75 Å². The number of benzene rings is 2. The summed E-state index contributed by atoms with van der Waals surface area (Å²) in [6, 6.07) is 11.0. The van der Waals surface area contributed by atoms with E-state index in [0.29, 0.717) is 32.9 Å². The number of fused-ring (bicyclic) bond motifs is 1. The van der Waals surface area contributed by atoms with Crippen LogP contribution in [-0.4, -0.2) is 38.1 Å². The minimum Gasteiger partial charge on any atom is -0.494 e. The zero-order valence-electron chi connectivity index (χ0n) is 17.6. The minimum absolute atomic E-state index is 0.0480. The lowest BCUT2D eigenvalue weighted by molar-refractivity contribution is -0.143. The molecule has 170 valence electrons. The number of aromatic nitrogens is 1. The highest BCUT2D eigenvalue weighted by molar-refractivity contribution is 7.89. The molecule has 0 fully saturated rings. The maximum Gasteiger partial charge on any atom is 0.307 e. The number of aryl methyl sites for hydroxylation is 1. The van der Waals surface area contributed by atoms with Gasteiger partial charge >= 0.3 is 5.97 Å². The van der Waals surface area contributed by atoms with Crippen molar-refractivity contribution in [2.75, 3.05) is 13.2 Å². The zero-order chi connectivity index (χ0) is 23.3. The second kappa shape index (κ2) is 10.1. The van der Waals surface area contributed by atoms with E-state index in [1.807, 2.05) is 6.92 Å². The van der Waals surface area contributed by atoms with Gasteiger partial charge in [0.05, 0.1) is 34.7 Å². The molecule has 0 saturated carbocycles. The summed E-state index contributed by atoms with van der Waals surface area (Å²) < 4.78 is 36.1. The van der Waals surface area contributed by atoms with Crippen molar-refractivity contribution in [3.63, 3.8) is 0 Å². The standard InChI is InChI=1S/C21H23N3O6S2/c1-3-29-15-7-5-14(6-8-15)20(26)23-21-24(12-11-19(25)30-4-2)17-10-9-16(32(22,27)28)13-18(17)31-21/h5-10,13H,3-4,11-12H2,1-2H3,(H2,22,27,28). The van der Waals surface area contributed by atoms with Gasteiger partial charge in [-0.1, -0.05) is 11.3 Å². The molecule has 3 aromatic rings. The molecule has 1 aromatic heterocycles. The van der Waals surface area contributed by atoms with E-state index in [4.69, 9.17) is 14.6 Å². The number of carbonyl (C=O) groups is 2. The number of amides is 1. The van der Waals surface area contributed by atoms with E-state index in [2.05, 4.69) is 4.99 Å². The lowest BCUT2D eigenvalue weighted by Crippen LogP contribution is -2.19. The summed E-state index contributed by atoms with van der Waals surface area (Å²) in [5.41, 5.74) is 0.998. The fraction of sp³-hybridized carbons (Fsp3) is 0.286. The van der Waals surface area contributed by atoms with Crippen LogP contribution in [0.5, 0.6) is 5.75 Å². The molecule has 0 radical (unpaired) electrons. The first kappa shape index (κ1) is 23.6. The summed E-state index contributed by atoms with van der Waals surface area (Å²) in [6.07, 6.45) is 0.0705. The molecule has 32 heavy (non-hydrogen) atoms. The predicted octanol–water partition coefficient (Wildman–Crippen LogP) is 2.44. The zero-order valence-corrected chi connectivity index (χ0v) is 19.2. The van der Waals surface area contributed by atoms with E-state index < -0.39 is 15.9 Å². The Hall–Kier alpha value is -3.02. The summed E-state index contributed by atoms with van der Waals surface area (Å²) >= 11 is 1.13. The third-order valence-corrected chi connectivity index (χ3v) is 6.39. The predicted molar refractivity (Wildman–Crippen MR) is 120 cm³/mol. The topological polar surface area (TPSA) is 130 Å². The number of nitrogens with zero attached hydrogens (tertiary/aromatic N) is 2. The molecule has 1 amide bonds. The van der Waals surface area contributed by atoms with Gasteiger partial charge in [0.1, 0.15) is 5.75 Å². The number of rotatable bonds is 8. The monoisotopic (exact) mass is 477 g/mol. The smallest absolute Gasteiger partial charge is 0.307 e. The first-order valence-corrected chi connectivity index (χ1v) is 12.2. The number of hydrogen-bond donors (Lipinski definition) is 1. The van der Waals surface area contributed by atoms with Gasteiger partial charge in [0.15, 0.2) is 4.80 Å². The van der Waals surface area contributed by atoms with Crippen molar-refractivity contribution in [3.05, 3.63) is 52.8 Å². The molecule has 0 bridgehead atoms. The van der Waals surface area contributed by atoms with E-state index in [0.717, 1.165) is 11.3 Å². The normalized spacial score (nSPS) is 12.2. The third kappa shape index (κ3) is 5.61. The van der Waals surface area contributed by atoms with Crippen LogP contribution in [0.15, 0.2) is 52.4 Å². The number of primary sulfonamides is 1. The Labute approximate surface area is 189 Å². The number of carbonyl (C=O) groups excluding carboxylic acids is 2. The van der Waals surface area contributed by atoms with Crippen LogP contribution in [0.4, 0.5) is 0 Å². The molecule has 2 N–H and O–H groups in total. The van der Waals surface area contributed by atoms with Gasteiger partial charge in [0, 0.05) is 12.1 Å². The summed E-state index contributed by atoms with van der Waals surface area (Å²) in [5.74, 6) is -0.216. The maximum absolute atomic E-state index is 12.8. The second-order valence-corrected chi connectivity index (χ2v) is 9.21. The van der Waals surface area contributed by atoms with Crippen LogP contribution < -0.4 is 14.7 Å². The van der Waals surface area contributed by atoms with Gasteiger partial charge in [-0.3, -0.25) is 9.59 Å². The van der Waals surface area contributed by atoms with Gasteiger partial charge in [0.2, 0.25) is 10.0 Å². The van der Waals surface area contributed by atoms with Crippen molar-refractivity contribution in [2.24, 2.45) is 10.1 Å². The Kier molecular flexibility index (Phi) is 7.44. The van der Waals surface area contributed by atoms with Gasteiger partial charge in [-0.25, -0.2) is 13.6 Å². The van der Waals surface area contributed by atoms with Crippen LogP contribution in [0.1, 0.15) is 30.6 Å². The molecule has 0 unspecified atom stereocenters. The van der Waals surface area contributed by atoms with E-state index in [-0.39, 0.29) is 30.4 Å². The maximum atomic E-state index is 12.8. The molecule has 9 nitrogen and oxygen atoms in total. The molecule has 11 heteroatoms. The lowest BCUT2D eigenvalue weighted by Gasteiger charge is -2.06. The Bertz CT molecular complexity index is 1310. The average Bonchev–Trinajstić information content (AvgIpc) is 3.08. The molecule has 0 saturated heterocycles. The number of nitrogens with two attached hydrogens (primary N) is 1. The molecule has 1 heterocycles. The Morgan fingerprint density at radius 2 is 1.81 bits per heavy atom. The van der Waals surface area contributed by atoms with Crippen LogP contribution in [0.25, 0.3) is 10.2 Å². The average molecular weight is 478 g/mol. The molecule has 0 spiro atoms. The summed E-state index contributed by atoms with van der Waals surface area (Å²) in [5, 5.41) is 5.24. The molecule has 3 rings (SSSR count). The van der Waals surface area contributed by atoms with Crippen LogP contribution in [0.3, 0.4) is 0 Å². The first-order chi connectivity index (χ1) is 15.2. The van der Waals surface area contributed by atoms with Crippen molar-refractivity contribution >= 4 is 43.5 Å². The van der Waals surface area contributed by atoms with Crippen LogP contribution in [0, 0.1) is 0 Å². The molecular weight excluding hydrogens is 454 g/mol. The van der Waals surface area contributed by atoms with E-state index >= 15 is 0 Å². The number of esters is 1. The highest BCUT2D eigenvalue weighted by Gasteiger charge is 2.15. The quantitative estimate of drug-likeness (QED) is 0.496. The highest BCUT2D eigenvalue weighted by Crippen LogP contribution is 2.22.